The minimum atomic E-state index is -0.291. The molecule has 3 nitrogen and oxygen atoms in total. The number of methoxy groups -OCH3 is 1. The molecule has 0 aliphatic carbocycles. The van der Waals surface area contributed by atoms with Crippen LogP contribution in [0.15, 0.2) is 41.8 Å². The second kappa shape index (κ2) is 5.13. The van der Waals surface area contributed by atoms with Crippen molar-refractivity contribution in [2.45, 2.75) is 13.5 Å². The van der Waals surface area contributed by atoms with Crippen molar-refractivity contribution in [3.63, 3.8) is 0 Å². The number of ether oxygens (including phenoxy) is 1. The van der Waals surface area contributed by atoms with Crippen LogP contribution in [0.3, 0.4) is 0 Å². The molecule has 0 amide bonds. The Hall–Kier alpha value is -2.07. The van der Waals surface area contributed by atoms with Gasteiger partial charge in [0.1, 0.15) is 10.5 Å². The Kier molecular flexibility index (Phi) is 3.32. The van der Waals surface area contributed by atoms with Crippen molar-refractivity contribution in [1.82, 2.24) is 4.57 Å². The average molecular weight is 285 g/mol. The number of carbonyl (C=O) groups excluding carboxylic acids is 1. The molecule has 4 heteroatoms. The topological polar surface area (TPSA) is 31.2 Å². The summed E-state index contributed by atoms with van der Waals surface area (Å²) in [4.78, 5) is 13.0. The van der Waals surface area contributed by atoms with Crippen LogP contribution in [0.25, 0.3) is 10.2 Å². The molecule has 0 fully saturated rings. The van der Waals surface area contributed by atoms with Crippen LogP contribution >= 0.6 is 11.3 Å². The lowest BCUT2D eigenvalue weighted by Crippen LogP contribution is -2.11. The highest BCUT2D eigenvalue weighted by atomic mass is 32.1. The van der Waals surface area contributed by atoms with E-state index >= 15 is 0 Å². The molecule has 2 heterocycles. The molecule has 0 unspecified atom stereocenters. The molecule has 0 radical (unpaired) electrons. The summed E-state index contributed by atoms with van der Waals surface area (Å²) in [6.45, 7) is 2.74. The van der Waals surface area contributed by atoms with Gasteiger partial charge < -0.3 is 9.30 Å². The molecule has 0 saturated carbocycles. The predicted molar refractivity (Wildman–Crippen MR) is 81.4 cm³/mol. The molecule has 1 aromatic carbocycles. The molecule has 0 aliphatic heterocycles. The summed E-state index contributed by atoms with van der Waals surface area (Å²) >= 11 is 1.64. The minimum Gasteiger partial charge on any atom is -0.464 e. The Bertz CT molecular complexity index is 752. The lowest BCUT2D eigenvalue weighted by molar-refractivity contribution is 0.0589. The summed E-state index contributed by atoms with van der Waals surface area (Å²) < 4.78 is 6.90. The molecule has 3 rings (SSSR count). The minimum absolute atomic E-state index is 0.291. The van der Waals surface area contributed by atoms with Gasteiger partial charge in [0.25, 0.3) is 0 Å². The third kappa shape index (κ3) is 2.23. The zero-order valence-corrected chi connectivity index (χ0v) is 12.2. The fraction of sp³-hybridized carbons (Fsp3) is 0.188. The molecular weight excluding hydrogens is 270 g/mol. The van der Waals surface area contributed by atoms with E-state index in [-0.39, 0.29) is 5.97 Å². The largest absolute Gasteiger partial charge is 0.464 e. The van der Waals surface area contributed by atoms with Gasteiger partial charge in [-0.15, -0.1) is 11.3 Å². The Balaban J connectivity index is 2.06. The lowest BCUT2D eigenvalue weighted by atomic mass is 10.1. The monoisotopic (exact) mass is 285 g/mol. The van der Waals surface area contributed by atoms with Crippen LogP contribution in [-0.2, 0) is 11.3 Å². The molecule has 0 saturated heterocycles. The van der Waals surface area contributed by atoms with Crippen molar-refractivity contribution in [1.29, 1.82) is 0 Å². The van der Waals surface area contributed by atoms with Gasteiger partial charge in [-0.25, -0.2) is 4.79 Å². The van der Waals surface area contributed by atoms with Crippen molar-refractivity contribution < 1.29 is 9.53 Å². The van der Waals surface area contributed by atoms with Gasteiger partial charge in [-0.1, -0.05) is 29.8 Å². The van der Waals surface area contributed by atoms with Gasteiger partial charge in [-0.3, -0.25) is 0 Å². The molecule has 0 atom stereocenters. The number of carbonyl (C=O) groups is 1. The number of hydrogen-bond donors (Lipinski definition) is 0. The summed E-state index contributed by atoms with van der Waals surface area (Å²) in [5.41, 5.74) is 3.01. The van der Waals surface area contributed by atoms with Gasteiger partial charge in [-0.05, 0) is 30.0 Å². The molecule has 0 N–H and O–H groups in total. The molecule has 2 aromatic heterocycles. The zero-order chi connectivity index (χ0) is 14.1. The van der Waals surface area contributed by atoms with E-state index in [4.69, 9.17) is 4.74 Å². The van der Waals surface area contributed by atoms with Crippen LogP contribution in [0.2, 0.25) is 0 Å². The van der Waals surface area contributed by atoms with E-state index in [1.54, 1.807) is 11.3 Å². The molecule has 0 spiro atoms. The molecule has 20 heavy (non-hydrogen) atoms. The summed E-state index contributed by atoms with van der Waals surface area (Å²) in [7, 11) is 1.42. The molecule has 102 valence electrons. The molecule has 0 aliphatic rings. The van der Waals surface area contributed by atoms with Gasteiger partial charge in [-0.2, -0.15) is 0 Å². The van der Waals surface area contributed by atoms with Crippen LogP contribution in [-0.4, -0.2) is 17.6 Å². The summed E-state index contributed by atoms with van der Waals surface area (Å²) in [5, 5.41) is 3.12. The van der Waals surface area contributed by atoms with Crippen molar-refractivity contribution >= 4 is 27.5 Å². The van der Waals surface area contributed by atoms with Crippen LogP contribution in [0.4, 0.5) is 0 Å². The predicted octanol–water partition coefficient (Wildman–Crippen LogP) is 3.85. The SMILES string of the molecule is COC(=O)c1cc2ccsc2n1Cc1ccc(C)cc1. The number of benzene rings is 1. The summed E-state index contributed by atoms with van der Waals surface area (Å²) in [5.74, 6) is -0.291. The van der Waals surface area contributed by atoms with Gasteiger partial charge >= 0.3 is 5.97 Å². The molecule has 3 aromatic rings. The number of aryl methyl sites for hydroxylation is 1. The second-order valence-corrected chi connectivity index (χ2v) is 5.67. The number of rotatable bonds is 3. The maximum absolute atomic E-state index is 11.9. The number of esters is 1. The zero-order valence-electron chi connectivity index (χ0n) is 11.4. The Morgan fingerprint density at radius 2 is 2.00 bits per heavy atom. The Labute approximate surface area is 121 Å². The maximum atomic E-state index is 11.9. The van der Waals surface area contributed by atoms with Crippen molar-refractivity contribution in [2.24, 2.45) is 0 Å². The van der Waals surface area contributed by atoms with Gasteiger partial charge in [0.05, 0.1) is 7.11 Å². The van der Waals surface area contributed by atoms with Crippen LogP contribution < -0.4 is 0 Å². The number of thiophene rings is 1. The fourth-order valence-electron chi connectivity index (χ4n) is 2.28. The Morgan fingerprint density at radius 1 is 1.25 bits per heavy atom. The highest BCUT2D eigenvalue weighted by Crippen LogP contribution is 2.26. The average Bonchev–Trinajstić information content (AvgIpc) is 3.03. The van der Waals surface area contributed by atoms with Crippen LogP contribution in [0, 0.1) is 6.92 Å². The van der Waals surface area contributed by atoms with Gasteiger partial charge in [0.15, 0.2) is 0 Å². The van der Waals surface area contributed by atoms with Gasteiger partial charge in [0.2, 0.25) is 0 Å². The van der Waals surface area contributed by atoms with E-state index < -0.39 is 0 Å². The first-order chi connectivity index (χ1) is 9.69. The van der Waals surface area contributed by atoms with E-state index in [1.165, 1.54) is 18.2 Å². The van der Waals surface area contributed by atoms with Crippen molar-refractivity contribution in [3.8, 4) is 0 Å². The summed E-state index contributed by atoms with van der Waals surface area (Å²) in [6, 6.07) is 12.3. The van der Waals surface area contributed by atoms with E-state index in [9.17, 15) is 4.79 Å². The smallest absolute Gasteiger partial charge is 0.354 e. The maximum Gasteiger partial charge on any atom is 0.354 e. The number of aromatic nitrogens is 1. The number of nitrogens with zero attached hydrogens (tertiary/aromatic N) is 1. The highest BCUT2D eigenvalue weighted by Gasteiger charge is 2.16. The lowest BCUT2D eigenvalue weighted by Gasteiger charge is -2.09. The van der Waals surface area contributed by atoms with E-state index in [0.717, 1.165) is 10.2 Å². The summed E-state index contributed by atoms with van der Waals surface area (Å²) in [6.07, 6.45) is 0. The van der Waals surface area contributed by atoms with E-state index in [2.05, 4.69) is 31.2 Å². The van der Waals surface area contributed by atoms with Crippen LogP contribution in [0.5, 0.6) is 0 Å². The van der Waals surface area contributed by atoms with Crippen molar-refractivity contribution in [2.75, 3.05) is 7.11 Å². The van der Waals surface area contributed by atoms with Crippen molar-refractivity contribution in [3.05, 3.63) is 58.6 Å². The second-order valence-electron chi connectivity index (χ2n) is 4.77. The Morgan fingerprint density at radius 3 is 2.70 bits per heavy atom. The molecular formula is C16H15NO2S. The first-order valence-electron chi connectivity index (χ1n) is 6.39. The van der Waals surface area contributed by atoms with E-state index in [0.29, 0.717) is 12.2 Å². The van der Waals surface area contributed by atoms with E-state index in [1.807, 2.05) is 22.1 Å². The third-order valence-electron chi connectivity index (χ3n) is 3.36. The number of fused-ring (bicyclic) bond motifs is 1. The fourth-order valence-corrected chi connectivity index (χ4v) is 3.18. The third-order valence-corrected chi connectivity index (χ3v) is 4.31. The van der Waals surface area contributed by atoms with Gasteiger partial charge in [0, 0.05) is 11.9 Å². The van der Waals surface area contributed by atoms with Crippen LogP contribution in [0.1, 0.15) is 21.6 Å². The normalized spacial score (nSPS) is 10.9. The first-order valence-corrected chi connectivity index (χ1v) is 7.27. The standard InChI is InChI=1S/C16H15NO2S/c1-11-3-5-12(6-4-11)10-17-14(16(18)19-2)9-13-7-8-20-15(13)17/h3-9H,10H2,1-2H3. The first kappa shape index (κ1) is 12.9. The molecule has 0 bridgehead atoms. The number of hydrogen-bond acceptors (Lipinski definition) is 3. The highest BCUT2D eigenvalue weighted by molar-refractivity contribution is 7.16. The quantitative estimate of drug-likeness (QED) is 0.684.